The van der Waals surface area contributed by atoms with Gasteiger partial charge in [0.05, 0.1) is 36.5 Å². The molecule has 1 aliphatic rings. The van der Waals surface area contributed by atoms with Gasteiger partial charge in [0, 0.05) is 14.1 Å². The van der Waals surface area contributed by atoms with Crippen LogP contribution in [0.15, 0.2) is 94.0 Å². The van der Waals surface area contributed by atoms with E-state index in [2.05, 4.69) is 5.32 Å². The quantitative estimate of drug-likeness (QED) is 0.327. The zero-order valence-electron chi connectivity index (χ0n) is 23.3. The van der Waals surface area contributed by atoms with Crippen LogP contribution in [0.5, 0.6) is 11.5 Å². The third-order valence-electron chi connectivity index (χ3n) is 7.11. The van der Waals surface area contributed by atoms with Crippen molar-refractivity contribution in [3.05, 3.63) is 128 Å². The number of anilines is 1. The molecule has 9 nitrogen and oxygen atoms in total. The molecule has 210 valence electrons. The maximum absolute atomic E-state index is 13.7. The minimum atomic E-state index is -0.879. The fourth-order valence-corrected chi connectivity index (χ4v) is 5.07. The summed E-state index contributed by atoms with van der Waals surface area (Å²) >= 11 is 0. The van der Waals surface area contributed by atoms with E-state index < -0.39 is 23.1 Å². The molecular weight excluding hydrogens is 522 g/mol. The summed E-state index contributed by atoms with van der Waals surface area (Å²) in [5, 5.41) is 3.24. The Kier molecular flexibility index (Phi) is 7.78. The van der Waals surface area contributed by atoms with Crippen molar-refractivity contribution in [3.63, 3.8) is 0 Å². The highest BCUT2D eigenvalue weighted by Gasteiger charge is 2.39. The van der Waals surface area contributed by atoms with Crippen LogP contribution in [0.3, 0.4) is 0 Å². The lowest BCUT2D eigenvalue weighted by Crippen LogP contribution is -2.43. The van der Waals surface area contributed by atoms with Crippen LogP contribution in [-0.2, 0) is 30.2 Å². The van der Waals surface area contributed by atoms with Crippen molar-refractivity contribution in [2.75, 3.05) is 19.0 Å². The average molecular weight is 554 g/mol. The first-order valence-corrected chi connectivity index (χ1v) is 13.2. The van der Waals surface area contributed by atoms with Crippen molar-refractivity contribution in [3.8, 4) is 11.5 Å². The molecule has 0 saturated carbocycles. The smallest absolute Gasteiger partial charge is 0.337 e. The monoisotopic (exact) mass is 553 g/mol. The Morgan fingerprint density at radius 3 is 2.24 bits per heavy atom. The van der Waals surface area contributed by atoms with Gasteiger partial charge in [-0.15, -0.1) is 0 Å². The fourth-order valence-electron chi connectivity index (χ4n) is 5.07. The standard InChI is InChI=1S/C32H31N3O6/c1-5-40-31(37)26-25(22-16-17-23(39-4)24(18-22)41-19-20-12-8-6-9-13-20)27-29(34(2)32(38)35(3)30(27)36)33-28(26)21-14-10-7-11-15-21/h6-18,25,33H,5,19H2,1-4H3. The number of aromatic nitrogens is 2. The molecule has 1 N–H and O–H groups in total. The highest BCUT2D eigenvalue weighted by atomic mass is 16.5. The van der Waals surface area contributed by atoms with Gasteiger partial charge in [-0.25, -0.2) is 9.59 Å². The minimum absolute atomic E-state index is 0.142. The van der Waals surface area contributed by atoms with Crippen molar-refractivity contribution in [2.24, 2.45) is 14.1 Å². The summed E-state index contributed by atoms with van der Waals surface area (Å²) in [5.74, 6) is -0.209. The topological polar surface area (TPSA) is 101 Å². The Morgan fingerprint density at radius 1 is 0.902 bits per heavy atom. The summed E-state index contributed by atoms with van der Waals surface area (Å²) in [4.78, 5) is 40.4. The molecular formula is C32H31N3O6. The van der Waals surface area contributed by atoms with Crippen LogP contribution >= 0.6 is 0 Å². The molecule has 0 aliphatic carbocycles. The predicted octanol–water partition coefficient (Wildman–Crippen LogP) is 4.20. The first-order chi connectivity index (χ1) is 19.8. The number of ether oxygens (including phenoxy) is 3. The Labute approximate surface area is 237 Å². The Balaban J connectivity index is 1.77. The third-order valence-corrected chi connectivity index (χ3v) is 7.11. The fraction of sp³-hybridized carbons (Fsp3) is 0.219. The first-order valence-electron chi connectivity index (χ1n) is 13.2. The molecule has 1 aliphatic heterocycles. The number of nitrogens with one attached hydrogen (secondary N) is 1. The number of methoxy groups -OCH3 is 1. The van der Waals surface area contributed by atoms with Crippen LogP contribution in [0.25, 0.3) is 5.70 Å². The highest BCUT2D eigenvalue weighted by molar-refractivity contribution is 6.04. The number of hydrogen-bond donors (Lipinski definition) is 1. The summed E-state index contributed by atoms with van der Waals surface area (Å²) < 4.78 is 19.7. The second-order valence-corrected chi connectivity index (χ2v) is 9.59. The van der Waals surface area contributed by atoms with Gasteiger partial charge >= 0.3 is 11.7 Å². The van der Waals surface area contributed by atoms with E-state index in [9.17, 15) is 14.4 Å². The van der Waals surface area contributed by atoms with E-state index in [1.165, 1.54) is 11.6 Å². The Morgan fingerprint density at radius 2 is 1.59 bits per heavy atom. The highest BCUT2D eigenvalue weighted by Crippen LogP contribution is 2.44. The zero-order valence-corrected chi connectivity index (χ0v) is 23.3. The van der Waals surface area contributed by atoms with E-state index in [0.29, 0.717) is 34.1 Å². The lowest BCUT2D eigenvalue weighted by Gasteiger charge is -2.32. The molecule has 5 rings (SSSR count). The van der Waals surface area contributed by atoms with Gasteiger partial charge in [-0.1, -0.05) is 66.7 Å². The SMILES string of the molecule is CCOC(=O)C1=C(c2ccccc2)Nc2c(c(=O)n(C)c(=O)n2C)C1c1ccc(OC)c(OCc2ccccc2)c1. The van der Waals surface area contributed by atoms with Crippen molar-refractivity contribution in [2.45, 2.75) is 19.4 Å². The maximum atomic E-state index is 13.7. The largest absolute Gasteiger partial charge is 0.493 e. The number of rotatable bonds is 8. The molecule has 1 aromatic heterocycles. The van der Waals surface area contributed by atoms with Gasteiger partial charge in [-0.3, -0.25) is 13.9 Å². The van der Waals surface area contributed by atoms with E-state index in [4.69, 9.17) is 14.2 Å². The summed E-state index contributed by atoms with van der Waals surface area (Å²) in [6.45, 7) is 2.16. The second kappa shape index (κ2) is 11.6. The van der Waals surface area contributed by atoms with Gasteiger partial charge in [0.1, 0.15) is 12.4 Å². The van der Waals surface area contributed by atoms with Crippen LogP contribution < -0.4 is 26.0 Å². The molecule has 0 bridgehead atoms. The minimum Gasteiger partial charge on any atom is -0.493 e. The van der Waals surface area contributed by atoms with E-state index in [1.54, 1.807) is 39.3 Å². The number of hydrogen-bond acceptors (Lipinski definition) is 7. The molecule has 3 aromatic carbocycles. The molecule has 0 fully saturated rings. The van der Waals surface area contributed by atoms with E-state index in [1.807, 2.05) is 60.7 Å². The van der Waals surface area contributed by atoms with Crippen molar-refractivity contribution >= 4 is 17.5 Å². The number of nitrogens with zero attached hydrogens (tertiary/aromatic N) is 2. The summed E-state index contributed by atoms with van der Waals surface area (Å²) in [6, 6.07) is 24.3. The van der Waals surface area contributed by atoms with Gasteiger partial charge in [-0.05, 0) is 35.7 Å². The molecule has 0 saturated heterocycles. The van der Waals surface area contributed by atoms with Crippen molar-refractivity contribution in [1.82, 2.24) is 9.13 Å². The summed E-state index contributed by atoms with van der Waals surface area (Å²) in [7, 11) is 4.56. The number of carbonyl (C=O) groups is 1. The molecule has 9 heteroatoms. The summed E-state index contributed by atoms with van der Waals surface area (Å²) in [5.41, 5.74) is 2.21. The molecule has 1 atom stereocenters. The number of esters is 1. The van der Waals surface area contributed by atoms with Crippen LogP contribution in [0.2, 0.25) is 0 Å². The van der Waals surface area contributed by atoms with E-state index in [-0.39, 0.29) is 24.4 Å². The normalized spacial score (nSPS) is 14.2. The van der Waals surface area contributed by atoms with E-state index >= 15 is 0 Å². The second-order valence-electron chi connectivity index (χ2n) is 9.59. The van der Waals surface area contributed by atoms with Gasteiger partial charge in [0.15, 0.2) is 11.5 Å². The maximum Gasteiger partial charge on any atom is 0.337 e. The Bertz CT molecular complexity index is 1740. The average Bonchev–Trinajstić information content (AvgIpc) is 3.01. The van der Waals surface area contributed by atoms with Crippen molar-refractivity contribution < 1.29 is 19.0 Å². The molecule has 41 heavy (non-hydrogen) atoms. The van der Waals surface area contributed by atoms with Crippen LogP contribution in [0.1, 0.15) is 35.1 Å². The van der Waals surface area contributed by atoms with Gasteiger partial charge in [0.2, 0.25) is 0 Å². The lowest BCUT2D eigenvalue weighted by atomic mass is 9.80. The van der Waals surface area contributed by atoms with Gasteiger partial charge in [0.25, 0.3) is 5.56 Å². The number of fused-ring (bicyclic) bond motifs is 1. The van der Waals surface area contributed by atoms with Crippen LogP contribution in [0.4, 0.5) is 5.82 Å². The third kappa shape index (κ3) is 5.14. The van der Waals surface area contributed by atoms with E-state index in [0.717, 1.165) is 10.1 Å². The molecule has 0 spiro atoms. The molecule has 0 amide bonds. The Hall–Kier alpha value is -5.05. The first kappa shape index (κ1) is 27.5. The molecule has 0 radical (unpaired) electrons. The number of benzene rings is 3. The van der Waals surface area contributed by atoms with Crippen LogP contribution in [0, 0.1) is 0 Å². The van der Waals surface area contributed by atoms with Crippen molar-refractivity contribution in [1.29, 1.82) is 0 Å². The number of carbonyl (C=O) groups excluding carboxylic acids is 1. The zero-order chi connectivity index (χ0) is 29.1. The molecule has 1 unspecified atom stereocenters. The molecule has 4 aromatic rings. The van der Waals surface area contributed by atoms with Gasteiger partial charge in [-0.2, -0.15) is 0 Å². The van der Waals surface area contributed by atoms with Crippen LogP contribution in [-0.4, -0.2) is 28.8 Å². The summed E-state index contributed by atoms with van der Waals surface area (Å²) in [6.07, 6.45) is 0. The van der Waals surface area contributed by atoms with Gasteiger partial charge < -0.3 is 19.5 Å². The predicted molar refractivity (Wildman–Crippen MR) is 156 cm³/mol. The molecule has 2 heterocycles. The lowest BCUT2D eigenvalue weighted by molar-refractivity contribution is -0.138.